The van der Waals surface area contributed by atoms with Crippen LogP contribution in [0.1, 0.15) is 24.1 Å². The maximum absolute atomic E-state index is 12.9. The first-order chi connectivity index (χ1) is 13.2. The van der Waals surface area contributed by atoms with Crippen molar-refractivity contribution in [2.45, 2.75) is 24.8 Å². The van der Waals surface area contributed by atoms with Gasteiger partial charge in [-0.25, -0.2) is 17.5 Å². The van der Waals surface area contributed by atoms with Crippen molar-refractivity contribution < 1.29 is 22.4 Å². The smallest absolute Gasteiger partial charge is 0.241 e. The summed E-state index contributed by atoms with van der Waals surface area (Å²) in [5, 5.41) is 5.00. The molecule has 0 bridgehead atoms. The molecule has 0 radical (unpaired) electrons. The second kappa shape index (κ2) is 9.43. The Bertz CT molecular complexity index is 929. The van der Waals surface area contributed by atoms with Crippen LogP contribution in [0.4, 0.5) is 4.39 Å². The van der Waals surface area contributed by atoms with E-state index in [2.05, 4.69) is 15.4 Å². The molecule has 0 fully saturated rings. The molecule has 2 amide bonds. The predicted octanol–water partition coefficient (Wildman–Crippen LogP) is 1.41. The summed E-state index contributed by atoms with van der Waals surface area (Å²) in [6.07, 6.45) is 0. The number of benzene rings is 2. The second-order valence-electron chi connectivity index (χ2n) is 6.26. The fourth-order valence-corrected chi connectivity index (χ4v) is 3.31. The number of aryl methyl sites for hydroxylation is 1. The van der Waals surface area contributed by atoms with Gasteiger partial charge in [-0.05, 0) is 43.7 Å². The molecule has 2 aromatic rings. The van der Waals surface area contributed by atoms with E-state index in [0.717, 1.165) is 5.56 Å². The molecule has 2 rings (SSSR count). The Morgan fingerprint density at radius 3 is 2.18 bits per heavy atom. The fraction of sp³-hybridized carbons (Fsp3) is 0.263. The summed E-state index contributed by atoms with van der Waals surface area (Å²) in [5.74, 6) is -1.46. The van der Waals surface area contributed by atoms with Crippen molar-refractivity contribution >= 4 is 21.8 Å². The summed E-state index contributed by atoms with van der Waals surface area (Å²) >= 11 is 0. The molecule has 0 aliphatic heterocycles. The Kier molecular flexibility index (Phi) is 7.24. The highest BCUT2D eigenvalue weighted by molar-refractivity contribution is 7.89. The zero-order valence-electron chi connectivity index (χ0n) is 15.5. The molecule has 0 saturated carbocycles. The van der Waals surface area contributed by atoms with Crippen LogP contribution in [0.5, 0.6) is 0 Å². The highest BCUT2D eigenvalue weighted by Gasteiger charge is 2.16. The summed E-state index contributed by atoms with van der Waals surface area (Å²) in [7, 11) is -3.81. The third-order valence-electron chi connectivity index (χ3n) is 3.95. The highest BCUT2D eigenvalue weighted by atomic mass is 32.2. The van der Waals surface area contributed by atoms with Gasteiger partial charge in [-0.3, -0.25) is 9.59 Å². The Hall–Kier alpha value is -2.78. The van der Waals surface area contributed by atoms with Gasteiger partial charge in [0, 0.05) is 0 Å². The number of hydrogen-bond donors (Lipinski definition) is 3. The van der Waals surface area contributed by atoms with Crippen LogP contribution in [0.25, 0.3) is 0 Å². The van der Waals surface area contributed by atoms with Crippen molar-refractivity contribution in [1.29, 1.82) is 0 Å². The van der Waals surface area contributed by atoms with Crippen LogP contribution < -0.4 is 15.4 Å². The molecule has 0 heterocycles. The van der Waals surface area contributed by atoms with Gasteiger partial charge in [0.1, 0.15) is 5.82 Å². The van der Waals surface area contributed by atoms with E-state index in [9.17, 15) is 22.4 Å². The third kappa shape index (κ3) is 6.43. The van der Waals surface area contributed by atoms with Gasteiger partial charge in [-0.15, -0.1) is 0 Å². The maximum Gasteiger partial charge on any atom is 0.241 e. The van der Waals surface area contributed by atoms with Crippen LogP contribution in [-0.2, 0) is 19.6 Å². The number of nitrogens with one attached hydrogen (secondary N) is 3. The number of amides is 2. The highest BCUT2D eigenvalue weighted by Crippen LogP contribution is 2.12. The molecule has 150 valence electrons. The Morgan fingerprint density at radius 2 is 1.57 bits per heavy atom. The lowest BCUT2D eigenvalue weighted by Crippen LogP contribution is -2.42. The van der Waals surface area contributed by atoms with E-state index in [0.29, 0.717) is 5.56 Å². The van der Waals surface area contributed by atoms with Crippen molar-refractivity contribution in [2.24, 2.45) is 0 Å². The topological polar surface area (TPSA) is 104 Å². The van der Waals surface area contributed by atoms with Gasteiger partial charge in [-0.1, -0.05) is 29.8 Å². The predicted molar refractivity (Wildman–Crippen MR) is 102 cm³/mol. The van der Waals surface area contributed by atoms with Crippen LogP contribution >= 0.6 is 0 Å². The van der Waals surface area contributed by atoms with Gasteiger partial charge in [0.15, 0.2) is 0 Å². The number of sulfonamides is 1. The molecule has 2 aromatic carbocycles. The van der Waals surface area contributed by atoms with E-state index in [1.807, 2.05) is 6.92 Å². The van der Waals surface area contributed by atoms with E-state index < -0.39 is 28.4 Å². The van der Waals surface area contributed by atoms with Crippen LogP contribution in [0.3, 0.4) is 0 Å². The van der Waals surface area contributed by atoms with Crippen LogP contribution in [0.15, 0.2) is 53.4 Å². The zero-order valence-corrected chi connectivity index (χ0v) is 16.3. The first-order valence-corrected chi connectivity index (χ1v) is 10.0. The number of halogens is 1. The molecule has 7 nitrogen and oxygen atoms in total. The molecule has 28 heavy (non-hydrogen) atoms. The van der Waals surface area contributed by atoms with Gasteiger partial charge in [0.25, 0.3) is 0 Å². The number of hydrogen-bond acceptors (Lipinski definition) is 4. The van der Waals surface area contributed by atoms with Crippen molar-refractivity contribution in [3.05, 3.63) is 65.5 Å². The summed E-state index contributed by atoms with van der Waals surface area (Å²) in [6, 6.07) is 11.5. The average Bonchev–Trinajstić information content (AvgIpc) is 2.65. The maximum atomic E-state index is 12.9. The minimum Gasteiger partial charge on any atom is -0.348 e. The number of rotatable bonds is 8. The van der Waals surface area contributed by atoms with Gasteiger partial charge >= 0.3 is 0 Å². The van der Waals surface area contributed by atoms with E-state index >= 15 is 0 Å². The molecule has 1 atom stereocenters. The van der Waals surface area contributed by atoms with Gasteiger partial charge in [0.2, 0.25) is 21.8 Å². The summed E-state index contributed by atoms with van der Waals surface area (Å²) in [6.45, 7) is 2.76. The Morgan fingerprint density at radius 1 is 0.964 bits per heavy atom. The van der Waals surface area contributed by atoms with Gasteiger partial charge in [0.05, 0.1) is 24.0 Å². The lowest BCUT2D eigenvalue weighted by Gasteiger charge is -2.15. The number of carbonyl (C=O) groups excluding carboxylic acids is 2. The third-order valence-corrected chi connectivity index (χ3v) is 5.36. The Labute approximate surface area is 163 Å². The minimum absolute atomic E-state index is 0.0526. The quantitative estimate of drug-likeness (QED) is 0.615. The molecule has 0 unspecified atom stereocenters. The van der Waals surface area contributed by atoms with Crippen molar-refractivity contribution in [3.8, 4) is 0 Å². The Balaban J connectivity index is 1.77. The first kappa shape index (κ1) is 21.5. The largest absolute Gasteiger partial charge is 0.348 e. The lowest BCUT2D eigenvalue weighted by molar-refractivity contribution is -0.125. The fourth-order valence-electron chi connectivity index (χ4n) is 2.33. The van der Waals surface area contributed by atoms with E-state index in [1.54, 1.807) is 31.2 Å². The molecule has 0 aliphatic rings. The normalized spacial score (nSPS) is 12.2. The summed E-state index contributed by atoms with van der Waals surface area (Å²) in [4.78, 5) is 23.8. The van der Waals surface area contributed by atoms with Crippen LogP contribution in [-0.4, -0.2) is 33.3 Å². The van der Waals surface area contributed by atoms with Gasteiger partial charge < -0.3 is 10.6 Å². The minimum atomic E-state index is -3.81. The van der Waals surface area contributed by atoms with Crippen molar-refractivity contribution in [1.82, 2.24) is 15.4 Å². The average molecular weight is 407 g/mol. The number of carbonyl (C=O) groups is 2. The summed E-state index contributed by atoms with van der Waals surface area (Å²) < 4.78 is 39.3. The molecule has 0 saturated heterocycles. The standard InChI is InChI=1S/C19H22FN3O4S/c1-13-3-9-17(10-4-13)28(26,27)22-12-18(24)21-11-19(25)23-14(2)15-5-7-16(20)8-6-15/h3-10,14,22H,11-12H2,1-2H3,(H,21,24)(H,23,25)/t14-/m0/s1. The zero-order chi connectivity index (χ0) is 20.7. The molecule has 3 N–H and O–H groups in total. The molecule has 0 spiro atoms. The molecule has 9 heteroatoms. The first-order valence-electron chi connectivity index (χ1n) is 8.55. The van der Waals surface area contributed by atoms with E-state index in [-0.39, 0.29) is 23.3 Å². The molecular formula is C19H22FN3O4S. The second-order valence-corrected chi connectivity index (χ2v) is 8.02. The summed E-state index contributed by atoms with van der Waals surface area (Å²) in [5.41, 5.74) is 1.63. The molecular weight excluding hydrogens is 385 g/mol. The van der Waals surface area contributed by atoms with Crippen LogP contribution in [0.2, 0.25) is 0 Å². The monoisotopic (exact) mass is 407 g/mol. The van der Waals surface area contributed by atoms with Crippen molar-refractivity contribution in [3.63, 3.8) is 0 Å². The lowest BCUT2D eigenvalue weighted by atomic mass is 10.1. The van der Waals surface area contributed by atoms with Gasteiger partial charge in [-0.2, -0.15) is 0 Å². The molecule has 0 aromatic heterocycles. The van der Waals surface area contributed by atoms with E-state index in [4.69, 9.17) is 0 Å². The van der Waals surface area contributed by atoms with E-state index in [1.165, 1.54) is 24.3 Å². The SMILES string of the molecule is Cc1ccc(S(=O)(=O)NCC(=O)NCC(=O)N[C@@H](C)c2ccc(F)cc2)cc1. The van der Waals surface area contributed by atoms with Crippen molar-refractivity contribution in [2.75, 3.05) is 13.1 Å². The molecule has 0 aliphatic carbocycles. The van der Waals surface area contributed by atoms with Crippen LogP contribution in [0, 0.1) is 12.7 Å².